The minimum absolute atomic E-state index is 0.0214. The van der Waals surface area contributed by atoms with E-state index in [1.807, 2.05) is 6.92 Å². The third-order valence-electron chi connectivity index (χ3n) is 2.33. The van der Waals surface area contributed by atoms with Gasteiger partial charge < -0.3 is 10.9 Å². The Kier molecular flexibility index (Phi) is 5.11. The highest BCUT2D eigenvalue weighted by Crippen LogP contribution is 2.04. The summed E-state index contributed by atoms with van der Waals surface area (Å²) in [7, 11) is -3.20. The summed E-state index contributed by atoms with van der Waals surface area (Å²) in [5.41, 5.74) is 6.81. The molecule has 4 N–H and O–H groups in total. The highest BCUT2D eigenvalue weighted by atomic mass is 32.2. The van der Waals surface area contributed by atoms with Crippen LogP contribution >= 0.6 is 0 Å². The quantitative estimate of drug-likeness (QED) is 0.305. The zero-order valence-electron chi connectivity index (χ0n) is 10.1. The first-order valence-electron chi connectivity index (χ1n) is 5.52. The molecule has 100 valence electrons. The number of rotatable bonds is 6. The summed E-state index contributed by atoms with van der Waals surface area (Å²) in [6.07, 6.45) is 0.581. The Morgan fingerprint density at radius 2 is 2.00 bits per heavy atom. The summed E-state index contributed by atoms with van der Waals surface area (Å²) in [6.45, 7) is 2.05. The molecule has 1 aromatic carbocycles. The monoisotopic (exact) mass is 271 g/mol. The predicted octanol–water partition coefficient (Wildman–Crippen LogP) is 0.610. The lowest BCUT2D eigenvalue weighted by Crippen LogP contribution is -2.25. The van der Waals surface area contributed by atoms with E-state index < -0.39 is 10.0 Å². The molecule has 0 fully saturated rings. The zero-order valence-corrected chi connectivity index (χ0v) is 10.9. The van der Waals surface area contributed by atoms with Crippen molar-refractivity contribution < 1.29 is 13.6 Å². The molecule has 0 saturated heterocycles. The Bertz CT molecular complexity index is 509. The van der Waals surface area contributed by atoms with E-state index in [9.17, 15) is 8.42 Å². The second kappa shape index (κ2) is 6.36. The molecule has 6 nitrogen and oxygen atoms in total. The van der Waals surface area contributed by atoms with Crippen LogP contribution in [0.1, 0.15) is 24.5 Å². The molecule has 0 bridgehead atoms. The lowest BCUT2D eigenvalue weighted by Gasteiger charge is -2.06. The van der Waals surface area contributed by atoms with Gasteiger partial charge in [-0.05, 0) is 12.0 Å². The highest BCUT2D eigenvalue weighted by molar-refractivity contribution is 7.89. The normalized spacial score (nSPS) is 12.6. The number of hydrogen-bond donors (Lipinski definition) is 3. The molecule has 0 radical (unpaired) electrons. The molecule has 0 spiro atoms. The van der Waals surface area contributed by atoms with Gasteiger partial charge in [-0.2, -0.15) is 0 Å². The molecule has 0 heterocycles. The average Bonchev–Trinajstić information content (AvgIpc) is 2.36. The second-order valence-corrected chi connectivity index (χ2v) is 5.75. The van der Waals surface area contributed by atoms with Crippen LogP contribution in [0.15, 0.2) is 29.4 Å². The van der Waals surface area contributed by atoms with Crippen molar-refractivity contribution in [1.29, 1.82) is 0 Å². The summed E-state index contributed by atoms with van der Waals surface area (Å²) in [4.78, 5) is 0. The molecule has 0 aliphatic carbocycles. The van der Waals surface area contributed by atoms with Crippen LogP contribution in [0, 0.1) is 0 Å². The SMILES string of the molecule is CCCS(=O)(=O)NCc1ccc(C(N)=NO)cc1. The number of hydrogen-bond acceptors (Lipinski definition) is 4. The number of benzene rings is 1. The second-order valence-electron chi connectivity index (χ2n) is 3.82. The van der Waals surface area contributed by atoms with E-state index in [0.717, 1.165) is 5.56 Å². The molecule has 7 heteroatoms. The molecule has 0 aliphatic rings. The third-order valence-corrected chi connectivity index (χ3v) is 3.86. The van der Waals surface area contributed by atoms with Crippen molar-refractivity contribution in [2.24, 2.45) is 10.9 Å². The largest absolute Gasteiger partial charge is 0.409 e. The minimum Gasteiger partial charge on any atom is -0.409 e. The summed E-state index contributed by atoms with van der Waals surface area (Å²) < 4.78 is 25.4. The number of nitrogens with one attached hydrogen (secondary N) is 1. The van der Waals surface area contributed by atoms with Crippen LogP contribution in [-0.4, -0.2) is 25.2 Å². The lowest BCUT2D eigenvalue weighted by molar-refractivity contribution is 0.318. The first-order valence-corrected chi connectivity index (χ1v) is 7.18. The van der Waals surface area contributed by atoms with Gasteiger partial charge in [-0.15, -0.1) is 0 Å². The van der Waals surface area contributed by atoms with Gasteiger partial charge in [0.15, 0.2) is 5.84 Å². The number of nitrogens with two attached hydrogens (primary N) is 1. The maximum absolute atomic E-state index is 11.4. The van der Waals surface area contributed by atoms with Crippen molar-refractivity contribution in [2.75, 3.05) is 5.75 Å². The highest BCUT2D eigenvalue weighted by Gasteiger charge is 2.08. The first-order chi connectivity index (χ1) is 8.48. The Balaban J connectivity index is 2.65. The van der Waals surface area contributed by atoms with E-state index in [0.29, 0.717) is 12.0 Å². The van der Waals surface area contributed by atoms with Crippen molar-refractivity contribution in [3.8, 4) is 0 Å². The fourth-order valence-electron chi connectivity index (χ4n) is 1.39. The van der Waals surface area contributed by atoms with Crippen LogP contribution in [0.25, 0.3) is 0 Å². The van der Waals surface area contributed by atoms with E-state index in [4.69, 9.17) is 10.9 Å². The van der Waals surface area contributed by atoms with Gasteiger partial charge in [0.2, 0.25) is 10.0 Å². The number of nitrogens with zero attached hydrogens (tertiary/aromatic N) is 1. The summed E-state index contributed by atoms with van der Waals surface area (Å²) in [6, 6.07) is 6.78. The summed E-state index contributed by atoms with van der Waals surface area (Å²) >= 11 is 0. The molecule has 0 aromatic heterocycles. The first kappa shape index (κ1) is 14.5. The molecule has 1 rings (SSSR count). The van der Waals surface area contributed by atoms with Gasteiger partial charge in [0.25, 0.3) is 0 Å². The number of amidine groups is 1. The lowest BCUT2D eigenvalue weighted by atomic mass is 10.1. The molecular formula is C11H17N3O3S. The fourth-order valence-corrected chi connectivity index (χ4v) is 2.45. The minimum atomic E-state index is -3.20. The van der Waals surface area contributed by atoms with Crippen LogP contribution in [0.5, 0.6) is 0 Å². The average molecular weight is 271 g/mol. The van der Waals surface area contributed by atoms with Crippen molar-refractivity contribution >= 4 is 15.9 Å². The van der Waals surface area contributed by atoms with E-state index in [1.165, 1.54) is 0 Å². The van der Waals surface area contributed by atoms with Crippen LogP contribution in [0.4, 0.5) is 0 Å². The van der Waals surface area contributed by atoms with Crippen molar-refractivity contribution in [1.82, 2.24) is 4.72 Å². The van der Waals surface area contributed by atoms with Gasteiger partial charge >= 0.3 is 0 Å². The van der Waals surface area contributed by atoms with Crippen LogP contribution in [0.3, 0.4) is 0 Å². The van der Waals surface area contributed by atoms with E-state index >= 15 is 0 Å². The fraction of sp³-hybridized carbons (Fsp3) is 0.364. The maximum Gasteiger partial charge on any atom is 0.211 e. The van der Waals surface area contributed by atoms with Gasteiger partial charge in [-0.1, -0.05) is 36.3 Å². The molecule has 1 aromatic rings. The van der Waals surface area contributed by atoms with Gasteiger partial charge in [-0.3, -0.25) is 0 Å². The molecule has 0 saturated carbocycles. The molecule has 0 atom stereocenters. The molecular weight excluding hydrogens is 254 g/mol. The number of sulfonamides is 1. The Labute approximate surface area is 107 Å². The smallest absolute Gasteiger partial charge is 0.211 e. The van der Waals surface area contributed by atoms with Crippen LogP contribution in [-0.2, 0) is 16.6 Å². The predicted molar refractivity (Wildman–Crippen MR) is 69.9 cm³/mol. The van der Waals surface area contributed by atoms with E-state index in [2.05, 4.69) is 9.88 Å². The maximum atomic E-state index is 11.4. The molecule has 0 aliphatic heterocycles. The van der Waals surface area contributed by atoms with E-state index in [-0.39, 0.29) is 18.1 Å². The summed E-state index contributed by atoms with van der Waals surface area (Å²) in [5, 5.41) is 11.4. The van der Waals surface area contributed by atoms with Crippen molar-refractivity contribution in [2.45, 2.75) is 19.9 Å². The van der Waals surface area contributed by atoms with Gasteiger partial charge in [-0.25, -0.2) is 13.1 Å². The van der Waals surface area contributed by atoms with Crippen LogP contribution in [0.2, 0.25) is 0 Å². The van der Waals surface area contributed by atoms with Gasteiger partial charge in [0, 0.05) is 12.1 Å². The van der Waals surface area contributed by atoms with Crippen LogP contribution < -0.4 is 10.5 Å². The zero-order chi connectivity index (χ0) is 13.6. The Morgan fingerprint density at radius 3 is 2.50 bits per heavy atom. The van der Waals surface area contributed by atoms with Gasteiger partial charge in [0.1, 0.15) is 0 Å². The van der Waals surface area contributed by atoms with E-state index in [1.54, 1.807) is 24.3 Å². The Morgan fingerprint density at radius 1 is 1.39 bits per heavy atom. The molecule has 0 unspecified atom stereocenters. The molecule has 18 heavy (non-hydrogen) atoms. The third kappa shape index (κ3) is 4.34. The van der Waals surface area contributed by atoms with Gasteiger partial charge in [0.05, 0.1) is 5.75 Å². The van der Waals surface area contributed by atoms with Crippen molar-refractivity contribution in [3.05, 3.63) is 35.4 Å². The van der Waals surface area contributed by atoms with Crippen molar-refractivity contribution in [3.63, 3.8) is 0 Å². The Hall–Kier alpha value is -1.60. The summed E-state index contributed by atoms with van der Waals surface area (Å²) in [5.74, 6) is 0.142. The number of oxime groups is 1. The topological polar surface area (TPSA) is 105 Å². The standard InChI is InChI=1S/C11H17N3O3S/c1-2-7-18(16,17)13-8-9-3-5-10(6-4-9)11(12)14-15/h3-6,13,15H,2,7-8H2,1H3,(H2,12,14). The molecule has 0 amide bonds.